The van der Waals surface area contributed by atoms with Gasteiger partial charge in [-0.25, -0.2) is 9.97 Å². The average Bonchev–Trinajstić information content (AvgIpc) is 2.73. The maximum absolute atomic E-state index is 12.4. The Labute approximate surface area is 157 Å². The first-order chi connectivity index (χ1) is 13.2. The minimum atomic E-state index is -0.434. The molecule has 1 aliphatic rings. The second-order valence-electron chi connectivity index (χ2n) is 5.91. The minimum Gasteiger partial charge on any atom is -0.497 e. The van der Waals surface area contributed by atoms with E-state index in [1.807, 2.05) is 11.0 Å². The van der Waals surface area contributed by atoms with Crippen molar-refractivity contribution in [3.63, 3.8) is 0 Å². The number of piperazine rings is 1. The topological polar surface area (TPSA) is 94.4 Å². The summed E-state index contributed by atoms with van der Waals surface area (Å²) in [5, 5.41) is 12.1. The Balaban J connectivity index is 1.59. The second-order valence-corrected chi connectivity index (χ2v) is 5.91. The van der Waals surface area contributed by atoms with Gasteiger partial charge in [0.05, 0.1) is 7.11 Å². The molecule has 0 radical (unpaired) electrons. The van der Waals surface area contributed by atoms with Crippen molar-refractivity contribution in [3.05, 3.63) is 54.5 Å². The van der Waals surface area contributed by atoms with Crippen LogP contribution in [0.15, 0.2) is 54.5 Å². The first-order valence-corrected chi connectivity index (χ1v) is 8.53. The molecule has 3 rings (SSSR count). The molecule has 0 atom stereocenters. The normalized spacial score (nSPS) is 14.4. The van der Waals surface area contributed by atoms with Gasteiger partial charge in [0.2, 0.25) is 5.95 Å². The Bertz CT molecular complexity index is 837. The number of benzene rings is 1. The van der Waals surface area contributed by atoms with Gasteiger partial charge in [-0.15, -0.1) is 0 Å². The van der Waals surface area contributed by atoms with Gasteiger partial charge in [0, 0.05) is 50.5 Å². The van der Waals surface area contributed by atoms with E-state index in [0.29, 0.717) is 30.5 Å². The summed E-state index contributed by atoms with van der Waals surface area (Å²) in [5.41, 5.74) is 0.670. The Morgan fingerprint density at radius 2 is 1.85 bits per heavy atom. The third-order valence-corrected chi connectivity index (χ3v) is 4.17. The van der Waals surface area contributed by atoms with Crippen LogP contribution in [-0.4, -0.2) is 54.1 Å². The number of methoxy groups -OCH3 is 1. The Kier molecular flexibility index (Phi) is 5.84. The molecule has 2 heterocycles. The summed E-state index contributed by atoms with van der Waals surface area (Å²) in [6.45, 7) is 2.80. The van der Waals surface area contributed by atoms with Gasteiger partial charge in [-0.2, -0.15) is 5.26 Å². The smallest absolute Gasteiger partial charge is 0.267 e. The molecular formula is C19H20N6O2. The van der Waals surface area contributed by atoms with Crippen LogP contribution in [0, 0.1) is 11.3 Å². The van der Waals surface area contributed by atoms with E-state index < -0.39 is 5.91 Å². The van der Waals surface area contributed by atoms with Crippen LogP contribution in [0.2, 0.25) is 0 Å². The first kappa shape index (κ1) is 18.2. The molecule has 0 aliphatic carbocycles. The highest BCUT2D eigenvalue weighted by Crippen LogP contribution is 2.16. The van der Waals surface area contributed by atoms with Crippen LogP contribution in [-0.2, 0) is 4.79 Å². The number of hydrogen-bond acceptors (Lipinski definition) is 7. The molecule has 27 heavy (non-hydrogen) atoms. The van der Waals surface area contributed by atoms with Crippen molar-refractivity contribution in [3.8, 4) is 11.8 Å². The molecule has 1 aliphatic heterocycles. The van der Waals surface area contributed by atoms with Gasteiger partial charge >= 0.3 is 0 Å². The molecule has 0 bridgehead atoms. The average molecular weight is 364 g/mol. The third kappa shape index (κ3) is 4.73. The van der Waals surface area contributed by atoms with Crippen molar-refractivity contribution in [1.82, 2.24) is 14.9 Å². The number of hydrogen-bond donors (Lipinski definition) is 1. The number of carbonyl (C=O) groups is 1. The van der Waals surface area contributed by atoms with E-state index in [1.54, 1.807) is 56.0 Å². The Morgan fingerprint density at radius 1 is 1.19 bits per heavy atom. The molecule has 0 saturated carbocycles. The number of aromatic nitrogens is 2. The third-order valence-electron chi connectivity index (χ3n) is 4.17. The van der Waals surface area contributed by atoms with Crippen LogP contribution in [0.3, 0.4) is 0 Å². The zero-order valence-corrected chi connectivity index (χ0v) is 15.0. The number of nitrogens with one attached hydrogen (secondary N) is 1. The maximum atomic E-state index is 12.4. The molecule has 1 amide bonds. The molecule has 8 heteroatoms. The van der Waals surface area contributed by atoms with Gasteiger partial charge in [0.1, 0.15) is 17.4 Å². The van der Waals surface area contributed by atoms with E-state index >= 15 is 0 Å². The molecule has 0 spiro atoms. The maximum Gasteiger partial charge on any atom is 0.267 e. The van der Waals surface area contributed by atoms with Crippen molar-refractivity contribution in [2.24, 2.45) is 0 Å². The SMILES string of the molecule is COc1ccc(NC(=O)/C(C#N)=C\N2CCN(c3ncccn3)CC2)cc1. The number of carbonyl (C=O) groups excluding carboxylic acids is 1. The Hall–Kier alpha value is -3.60. The van der Waals surface area contributed by atoms with E-state index in [1.165, 1.54) is 0 Å². The lowest BCUT2D eigenvalue weighted by atomic mass is 10.2. The van der Waals surface area contributed by atoms with Crippen LogP contribution >= 0.6 is 0 Å². The van der Waals surface area contributed by atoms with Crippen molar-refractivity contribution in [2.75, 3.05) is 43.5 Å². The number of anilines is 2. The second kappa shape index (κ2) is 8.67. The summed E-state index contributed by atoms with van der Waals surface area (Å²) >= 11 is 0. The van der Waals surface area contributed by atoms with E-state index in [9.17, 15) is 10.1 Å². The van der Waals surface area contributed by atoms with Gasteiger partial charge in [-0.05, 0) is 30.3 Å². The monoisotopic (exact) mass is 364 g/mol. The van der Waals surface area contributed by atoms with E-state index in [-0.39, 0.29) is 5.57 Å². The molecule has 1 N–H and O–H groups in total. The van der Waals surface area contributed by atoms with Gasteiger partial charge in [-0.1, -0.05) is 0 Å². The first-order valence-electron chi connectivity index (χ1n) is 8.53. The largest absolute Gasteiger partial charge is 0.497 e. The highest BCUT2D eigenvalue weighted by atomic mass is 16.5. The summed E-state index contributed by atoms with van der Waals surface area (Å²) < 4.78 is 5.09. The van der Waals surface area contributed by atoms with Gasteiger partial charge < -0.3 is 19.9 Å². The standard InChI is InChI=1S/C19H20N6O2/c1-27-17-5-3-16(4-6-17)23-18(26)15(13-20)14-24-9-11-25(12-10-24)19-21-7-2-8-22-19/h2-8,14H,9-12H2,1H3,(H,23,26)/b15-14-. The molecule has 1 saturated heterocycles. The van der Waals surface area contributed by atoms with Gasteiger partial charge in [-0.3, -0.25) is 4.79 Å². The van der Waals surface area contributed by atoms with Crippen LogP contribution in [0.5, 0.6) is 5.75 Å². The summed E-state index contributed by atoms with van der Waals surface area (Å²) in [4.78, 5) is 24.9. The highest BCUT2D eigenvalue weighted by Gasteiger charge is 2.19. The molecule has 138 valence electrons. The van der Waals surface area contributed by atoms with Crippen LogP contribution in [0.4, 0.5) is 11.6 Å². The Morgan fingerprint density at radius 3 is 2.44 bits per heavy atom. The van der Waals surface area contributed by atoms with E-state index in [0.717, 1.165) is 13.1 Å². The van der Waals surface area contributed by atoms with Gasteiger partial charge in [0.25, 0.3) is 5.91 Å². The van der Waals surface area contributed by atoms with Crippen molar-refractivity contribution in [1.29, 1.82) is 5.26 Å². The van der Waals surface area contributed by atoms with Crippen LogP contribution < -0.4 is 15.0 Å². The number of nitriles is 1. The predicted octanol–water partition coefficient (Wildman–Crippen LogP) is 1.65. The predicted molar refractivity (Wildman–Crippen MR) is 101 cm³/mol. The fraction of sp³-hybridized carbons (Fsp3) is 0.263. The molecule has 1 aromatic heterocycles. The quantitative estimate of drug-likeness (QED) is 0.637. The molecule has 8 nitrogen and oxygen atoms in total. The summed E-state index contributed by atoms with van der Waals surface area (Å²) in [6, 6.07) is 10.7. The molecule has 1 fully saturated rings. The number of rotatable bonds is 5. The lowest BCUT2D eigenvalue weighted by Crippen LogP contribution is -2.45. The zero-order chi connectivity index (χ0) is 19.1. The lowest BCUT2D eigenvalue weighted by Gasteiger charge is -2.34. The fourth-order valence-electron chi connectivity index (χ4n) is 2.70. The summed E-state index contributed by atoms with van der Waals surface area (Å²) in [7, 11) is 1.58. The van der Waals surface area contributed by atoms with Crippen molar-refractivity contribution >= 4 is 17.5 Å². The molecule has 2 aromatic rings. The summed E-state index contributed by atoms with van der Waals surface area (Å²) in [6.07, 6.45) is 5.04. The van der Waals surface area contributed by atoms with Crippen molar-refractivity contribution < 1.29 is 9.53 Å². The minimum absolute atomic E-state index is 0.0650. The van der Waals surface area contributed by atoms with Crippen LogP contribution in [0.25, 0.3) is 0 Å². The van der Waals surface area contributed by atoms with Gasteiger partial charge in [0.15, 0.2) is 0 Å². The molecule has 0 unspecified atom stereocenters. The summed E-state index contributed by atoms with van der Waals surface area (Å²) in [5.74, 6) is 0.958. The van der Waals surface area contributed by atoms with E-state index in [4.69, 9.17) is 4.74 Å². The fourth-order valence-corrected chi connectivity index (χ4v) is 2.70. The zero-order valence-electron chi connectivity index (χ0n) is 15.0. The highest BCUT2D eigenvalue weighted by molar-refractivity contribution is 6.06. The lowest BCUT2D eigenvalue weighted by molar-refractivity contribution is -0.112. The van der Waals surface area contributed by atoms with Crippen LogP contribution in [0.1, 0.15) is 0 Å². The molecule has 1 aromatic carbocycles. The molecular weight excluding hydrogens is 344 g/mol. The number of amides is 1. The van der Waals surface area contributed by atoms with E-state index in [2.05, 4.69) is 20.2 Å². The van der Waals surface area contributed by atoms with Crippen molar-refractivity contribution in [2.45, 2.75) is 0 Å². The number of nitrogens with zero attached hydrogens (tertiary/aromatic N) is 5. The number of ether oxygens (including phenoxy) is 1.